The van der Waals surface area contributed by atoms with Crippen LogP contribution in [0.2, 0.25) is 0 Å². The van der Waals surface area contributed by atoms with E-state index < -0.39 is 5.97 Å². The first kappa shape index (κ1) is 20.0. The molecule has 0 unspecified atom stereocenters. The highest BCUT2D eigenvalue weighted by atomic mass is 16.5. The summed E-state index contributed by atoms with van der Waals surface area (Å²) in [6.45, 7) is 8.31. The van der Waals surface area contributed by atoms with Crippen molar-refractivity contribution >= 4 is 23.6 Å². The molecule has 10 heteroatoms. The predicted octanol–water partition coefficient (Wildman–Crippen LogP) is 0.435. The molecule has 0 bridgehead atoms. The molecule has 0 aliphatic carbocycles. The number of carbonyl (C=O) groups excluding carboxylic acids is 2. The number of esters is 1. The topological polar surface area (TPSA) is 125 Å². The molecular formula is C18H26N6O4. The third kappa shape index (κ3) is 4.38. The van der Waals surface area contributed by atoms with Gasteiger partial charge in [-0.2, -0.15) is 9.50 Å². The molecule has 1 saturated heterocycles. The van der Waals surface area contributed by atoms with Gasteiger partial charge in [0.05, 0.1) is 12.2 Å². The van der Waals surface area contributed by atoms with Crippen molar-refractivity contribution in [1.29, 1.82) is 0 Å². The zero-order valence-electron chi connectivity index (χ0n) is 16.6. The van der Waals surface area contributed by atoms with E-state index in [0.717, 1.165) is 17.0 Å². The number of nitrogens with zero attached hydrogens (tertiary/aromatic N) is 5. The first-order valence-corrected chi connectivity index (χ1v) is 9.31. The van der Waals surface area contributed by atoms with Crippen LogP contribution in [0.3, 0.4) is 0 Å². The Bertz CT molecular complexity index is 886. The highest BCUT2D eigenvalue weighted by molar-refractivity contribution is 5.80. The number of aryl methyl sites for hydroxylation is 2. The first-order valence-electron chi connectivity index (χ1n) is 9.31. The Morgan fingerprint density at radius 2 is 1.89 bits per heavy atom. The lowest BCUT2D eigenvalue weighted by atomic mass is 10.1. The summed E-state index contributed by atoms with van der Waals surface area (Å²) in [5.74, 6) is -0.0567. The van der Waals surface area contributed by atoms with E-state index in [1.165, 1.54) is 0 Å². The fourth-order valence-corrected chi connectivity index (χ4v) is 3.50. The maximum Gasteiger partial charge on any atom is 0.306 e. The van der Waals surface area contributed by atoms with Gasteiger partial charge in [0.1, 0.15) is 0 Å². The minimum Gasteiger partial charge on any atom is -0.456 e. The van der Waals surface area contributed by atoms with Crippen molar-refractivity contribution in [1.82, 2.24) is 24.5 Å². The molecule has 0 aromatic carbocycles. The van der Waals surface area contributed by atoms with Gasteiger partial charge in [0.25, 0.3) is 11.7 Å². The smallest absolute Gasteiger partial charge is 0.306 e. The van der Waals surface area contributed by atoms with Gasteiger partial charge in [0.15, 0.2) is 6.61 Å². The molecule has 1 aliphatic rings. The van der Waals surface area contributed by atoms with Gasteiger partial charge in [-0.05, 0) is 39.7 Å². The normalized spacial score (nSPS) is 19.8. The van der Waals surface area contributed by atoms with Crippen molar-refractivity contribution in [2.75, 3.05) is 25.4 Å². The third-order valence-electron chi connectivity index (χ3n) is 4.77. The number of fused-ring (bicyclic) bond motifs is 1. The average molecular weight is 390 g/mol. The summed E-state index contributed by atoms with van der Waals surface area (Å²) >= 11 is 0. The molecule has 2 N–H and O–H groups in total. The van der Waals surface area contributed by atoms with Crippen molar-refractivity contribution in [2.45, 2.75) is 52.7 Å². The Balaban J connectivity index is 1.54. The summed E-state index contributed by atoms with van der Waals surface area (Å²) in [5, 5.41) is 4.11. The van der Waals surface area contributed by atoms with E-state index in [0.29, 0.717) is 25.3 Å². The van der Waals surface area contributed by atoms with Crippen LogP contribution in [0.4, 0.5) is 5.95 Å². The number of amides is 1. The molecule has 1 aliphatic heterocycles. The molecule has 1 amide bonds. The van der Waals surface area contributed by atoms with Crippen LogP contribution < -0.4 is 5.73 Å². The molecule has 28 heavy (non-hydrogen) atoms. The summed E-state index contributed by atoms with van der Waals surface area (Å²) < 4.78 is 12.3. The van der Waals surface area contributed by atoms with Crippen LogP contribution >= 0.6 is 0 Å². The van der Waals surface area contributed by atoms with Crippen molar-refractivity contribution in [2.24, 2.45) is 0 Å². The van der Waals surface area contributed by atoms with Gasteiger partial charge in [0.2, 0.25) is 5.95 Å². The van der Waals surface area contributed by atoms with E-state index in [2.05, 4.69) is 15.1 Å². The van der Waals surface area contributed by atoms with Crippen molar-refractivity contribution in [3.63, 3.8) is 0 Å². The molecule has 1 fully saturated rings. The zero-order valence-corrected chi connectivity index (χ0v) is 16.6. The number of hydrogen-bond donors (Lipinski definition) is 1. The summed E-state index contributed by atoms with van der Waals surface area (Å²) in [6.07, 6.45) is 0.520. The molecule has 0 radical (unpaired) electrons. The molecule has 0 saturated carbocycles. The Morgan fingerprint density at radius 3 is 2.57 bits per heavy atom. The second-order valence-corrected chi connectivity index (χ2v) is 7.16. The van der Waals surface area contributed by atoms with Gasteiger partial charge in [-0.25, -0.2) is 4.98 Å². The fourth-order valence-electron chi connectivity index (χ4n) is 3.50. The number of carbonyl (C=O) groups is 2. The number of nitrogens with two attached hydrogens (primary N) is 1. The fraction of sp³-hybridized carbons (Fsp3) is 0.611. The molecule has 152 valence electrons. The largest absolute Gasteiger partial charge is 0.456 e. The van der Waals surface area contributed by atoms with Crippen LogP contribution in [0.1, 0.15) is 37.2 Å². The summed E-state index contributed by atoms with van der Waals surface area (Å²) in [6, 6.07) is 0. The van der Waals surface area contributed by atoms with Gasteiger partial charge in [-0.3, -0.25) is 9.59 Å². The van der Waals surface area contributed by atoms with Gasteiger partial charge >= 0.3 is 5.97 Å². The lowest BCUT2D eigenvalue weighted by Gasteiger charge is -2.35. The van der Waals surface area contributed by atoms with Crippen molar-refractivity contribution < 1.29 is 19.1 Å². The second-order valence-electron chi connectivity index (χ2n) is 7.16. The highest BCUT2D eigenvalue weighted by Crippen LogP contribution is 2.16. The average Bonchev–Trinajstić information content (AvgIpc) is 2.99. The number of hydrogen-bond acceptors (Lipinski definition) is 8. The van der Waals surface area contributed by atoms with E-state index in [1.807, 2.05) is 27.7 Å². The van der Waals surface area contributed by atoms with Crippen LogP contribution in [0, 0.1) is 13.8 Å². The number of aromatic nitrogens is 4. The van der Waals surface area contributed by atoms with Gasteiger partial charge in [-0.1, -0.05) is 0 Å². The second kappa shape index (κ2) is 8.09. The summed E-state index contributed by atoms with van der Waals surface area (Å²) in [5.41, 5.74) is 8.10. The molecular weight excluding hydrogens is 364 g/mol. The van der Waals surface area contributed by atoms with E-state index in [-0.39, 0.29) is 37.1 Å². The molecule has 2 aromatic rings. The standard InChI is InChI=1S/C18H26N6O4/c1-10-7-23(8-11(2)28-10)15(25)9-27-16(26)6-5-14-12(3)20-18-21-17(19)22-24(18)13(14)4/h10-11H,5-9H2,1-4H3,(H2,19,22)/t10-,11+. The minimum absolute atomic E-state index is 0.0254. The summed E-state index contributed by atoms with van der Waals surface area (Å²) in [7, 11) is 0. The highest BCUT2D eigenvalue weighted by Gasteiger charge is 2.26. The van der Waals surface area contributed by atoms with Gasteiger partial charge < -0.3 is 20.1 Å². The summed E-state index contributed by atoms with van der Waals surface area (Å²) in [4.78, 5) is 34.5. The monoisotopic (exact) mass is 390 g/mol. The first-order chi connectivity index (χ1) is 13.2. The quantitative estimate of drug-likeness (QED) is 0.729. The Labute approximate surface area is 163 Å². The Hall–Kier alpha value is -2.75. The number of anilines is 1. The van der Waals surface area contributed by atoms with Crippen molar-refractivity contribution in [3.05, 3.63) is 17.0 Å². The number of rotatable bonds is 5. The van der Waals surface area contributed by atoms with E-state index in [4.69, 9.17) is 15.2 Å². The van der Waals surface area contributed by atoms with Crippen LogP contribution in [-0.4, -0.2) is 68.3 Å². The van der Waals surface area contributed by atoms with E-state index in [9.17, 15) is 9.59 Å². The Morgan fingerprint density at radius 1 is 1.21 bits per heavy atom. The molecule has 2 atom stereocenters. The maximum absolute atomic E-state index is 12.3. The number of nitrogen functional groups attached to an aromatic ring is 1. The van der Waals surface area contributed by atoms with Gasteiger partial charge in [-0.15, -0.1) is 5.10 Å². The van der Waals surface area contributed by atoms with E-state index >= 15 is 0 Å². The number of morpholine rings is 1. The third-order valence-corrected chi connectivity index (χ3v) is 4.77. The molecule has 3 rings (SSSR count). The lowest BCUT2D eigenvalue weighted by molar-refractivity contribution is -0.157. The van der Waals surface area contributed by atoms with Crippen LogP contribution in [0.5, 0.6) is 0 Å². The van der Waals surface area contributed by atoms with E-state index in [1.54, 1.807) is 9.42 Å². The molecule has 2 aromatic heterocycles. The molecule has 0 spiro atoms. The Kier molecular flexibility index (Phi) is 5.78. The van der Waals surface area contributed by atoms with Crippen LogP contribution in [-0.2, 0) is 25.5 Å². The SMILES string of the molecule is Cc1nc2nc(N)nn2c(C)c1CCC(=O)OCC(=O)N1C[C@@H](C)O[C@@H](C)C1. The lowest BCUT2D eigenvalue weighted by Crippen LogP contribution is -2.49. The maximum atomic E-state index is 12.3. The predicted molar refractivity (Wildman–Crippen MR) is 101 cm³/mol. The van der Waals surface area contributed by atoms with Gasteiger partial charge in [0, 0.05) is 30.9 Å². The van der Waals surface area contributed by atoms with Crippen LogP contribution in [0.25, 0.3) is 5.78 Å². The van der Waals surface area contributed by atoms with Crippen molar-refractivity contribution in [3.8, 4) is 0 Å². The zero-order chi connectivity index (χ0) is 20.4. The number of ether oxygens (including phenoxy) is 2. The van der Waals surface area contributed by atoms with Crippen LogP contribution in [0.15, 0.2) is 0 Å². The molecule has 3 heterocycles. The minimum atomic E-state index is -0.431. The molecule has 10 nitrogen and oxygen atoms in total.